The Kier molecular flexibility index (Phi) is 2.27. The number of aliphatic hydroxyl groups is 1. The summed E-state index contributed by atoms with van der Waals surface area (Å²) in [5, 5.41) is 8.57. The molecule has 0 aromatic heterocycles. The molecule has 0 radical (unpaired) electrons. The van der Waals surface area contributed by atoms with Gasteiger partial charge in [-0.05, 0) is 12.8 Å². The van der Waals surface area contributed by atoms with Crippen LogP contribution in [-0.4, -0.2) is 35.1 Å². The average Bonchev–Trinajstić information content (AvgIpc) is 2.63. The Morgan fingerprint density at radius 2 is 2.30 bits per heavy atom. The van der Waals surface area contributed by atoms with Crippen molar-refractivity contribution in [2.45, 2.75) is 25.8 Å². The minimum atomic E-state index is 0.0794. The second-order valence-corrected chi connectivity index (χ2v) is 2.67. The molecule has 1 amide bonds. The lowest BCUT2D eigenvalue weighted by Crippen LogP contribution is -2.33. The van der Waals surface area contributed by atoms with Crippen molar-refractivity contribution in [1.29, 1.82) is 0 Å². The zero-order valence-corrected chi connectivity index (χ0v) is 6.21. The lowest BCUT2D eigenvalue weighted by molar-refractivity contribution is -0.129. The van der Waals surface area contributed by atoms with Crippen LogP contribution in [0.5, 0.6) is 0 Å². The van der Waals surface area contributed by atoms with Gasteiger partial charge < -0.3 is 10.0 Å². The fourth-order valence-electron chi connectivity index (χ4n) is 1.09. The summed E-state index contributed by atoms with van der Waals surface area (Å²) in [5.74, 6) is 0.0801. The molecule has 0 saturated heterocycles. The van der Waals surface area contributed by atoms with Crippen molar-refractivity contribution in [3.8, 4) is 0 Å². The smallest absolute Gasteiger partial charge is 0.219 e. The molecule has 0 unspecified atom stereocenters. The number of hydrogen-bond donors (Lipinski definition) is 1. The lowest BCUT2D eigenvalue weighted by atomic mass is 10.4. The molecule has 0 aromatic carbocycles. The summed E-state index contributed by atoms with van der Waals surface area (Å²) < 4.78 is 0. The monoisotopic (exact) mass is 143 g/mol. The summed E-state index contributed by atoms with van der Waals surface area (Å²) in [6.45, 7) is 2.13. The Labute approximate surface area is 60.6 Å². The van der Waals surface area contributed by atoms with Crippen molar-refractivity contribution in [1.82, 2.24) is 4.90 Å². The van der Waals surface area contributed by atoms with E-state index in [0.717, 1.165) is 12.8 Å². The van der Waals surface area contributed by atoms with Crippen LogP contribution in [0.2, 0.25) is 0 Å². The van der Waals surface area contributed by atoms with Crippen molar-refractivity contribution in [2.24, 2.45) is 0 Å². The van der Waals surface area contributed by atoms with Crippen LogP contribution in [0.25, 0.3) is 0 Å². The predicted molar refractivity (Wildman–Crippen MR) is 37.5 cm³/mol. The van der Waals surface area contributed by atoms with Crippen molar-refractivity contribution in [3.63, 3.8) is 0 Å². The Morgan fingerprint density at radius 1 is 1.70 bits per heavy atom. The van der Waals surface area contributed by atoms with Crippen LogP contribution in [-0.2, 0) is 4.79 Å². The Bertz CT molecular complexity index is 132. The van der Waals surface area contributed by atoms with Gasteiger partial charge in [0.25, 0.3) is 0 Å². The first-order valence-electron chi connectivity index (χ1n) is 3.63. The molecule has 0 aliphatic heterocycles. The summed E-state index contributed by atoms with van der Waals surface area (Å²) in [5.41, 5.74) is 0. The topological polar surface area (TPSA) is 40.5 Å². The molecule has 0 atom stereocenters. The minimum absolute atomic E-state index is 0.0794. The Balaban J connectivity index is 2.34. The number of carbonyl (C=O) groups is 1. The third kappa shape index (κ3) is 1.70. The van der Waals surface area contributed by atoms with E-state index in [1.807, 2.05) is 0 Å². The molecular weight excluding hydrogens is 130 g/mol. The maximum absolute atomic E-state index is 10.8. The molecule has 0 aromatic rings. The van der Waals surface area contributed by atoms with Crippen LogP contribution < -0.4 is 0 Å². The second kappa shape index (κ2) is 3.01. The van der Waals surface area contributed by atoms with Gasteiger partial charge in [-0.3, -0.25) is 4.79 Å². The van der Waals surface area contributed by atoms with E-state index in [1.54, 1.807) is 11.8 Å². The average molecular weight is 143 g/mol. The molecule has 1 rings (SSSR count). The zero-order chi connectivity index (χ0) is 7.56. The molecule has 1 fully saturated rings. The highest BCUT2D eigenvalue weighted by molar-refractivity contribution is 5.73. The lowest BCUT2D eigenvalue weighted by Gasteiger charge is -2.18. The number of rotatable bonds is 3. The van der Waals surface area contributed by atoms with Gasteiger partial charge in [-0.25, -0.2) is 0 Å². The summed E-state index contributed by atoms with van der Waals surface area (Å²) in [6, 6.07) is 0.435. The maximum Gasteiger partial charge on any atom is 0.219 e. The van der Waals surface area contributed by atoms with Crippen LogP contribution in [0.1, 0.15) is 19.8 Å². The van der Waals surface area contributed by atoms with E-state index in [4.69, 9.17) is 5.11 Å². The highest BCUT2D eigenvalue weighted by Crippen LogP contribution is 2.26. The van der Waals surface area contributed by atoms with Crippen molar-refractivity contribution >= 4 is 5.91 Å². The first-order valence-corrected chi connectivity index (χ1v) is 3.63. The molecular formula is C7H13NO2. The van der Waals surface area contributed by atoms with Gasteiger partial charge in [0.05, 0.1) is 6.61 Å². The van der Waals surface area contributed by atoms with Crippen LogP contribution >= 0.6 is 0 Å². The number of amides is 1. The number of aliphatic hydroxyl groups excluding tert-OH is 1. The van der Waals surface area contributed by atoms with Crippen LogP contribution in [0, 0.1) is 0 Å². The standard InChI is InChI=1S/C7H13NO2/c1-6(10)8(4-5-9)7-2-3-7/h7,9H,2-5H2,1H3. The molecule has 0 heterocycles. The third-order valence-corrected chi connectivity index (χ3v) is 1.73. The van der Waals surface area contributed by atoms with E-state index in [9.17, 15) is 4.79 Å². The summed E-state index contributed by atoms with van der Waals surface area (Å²) in [6.07, 6.45) is 2.22. The molecule has 10 heavy (non-hydrogen) atoms. The van der Waals surface area contributed by atoms with Crippen LogP contribution in [0.4, 0.5) is 0 Å². The molecule has 1 aliphatic rings. The normalized spacial score (nSPS) is 17.0. The SMILES string of the molecule is CC(=O)N(CCO)C1CC1. The predicted octanol–water partition coefficient (Wildman–Crippen LogP) is -0.0104. The number of carbonyl (C=O) groups excluding carboxylic acids is 1. The van der Waals surface area contributed by atoms with E-state index < -0.39 is 0 Å². The fraction of sp³-hybridized carbons (Fsp3) is 0.857. The van der Waals surface area contributed by atoms with E-state index in [0.29, 0.717) is 12.6 Å². The maximum atomic E-state index is 10.8. The first kappa shape index (κ1) is 7.54. The van der Waals surface area contributed by atoms with Gasteiger partial charge in [0.15, 0.2) is 0 Å². The summed E-state index contributed by atoms with van der Waals surface area (Å²) in [7, 11) is 0. The van der Waals surface area contributed by atoms with Gasteiger partial charge in [-0.15, -0.1) is 0 Å². The number of hydrogen-bond acceptors (Lipinski definition) is 2. The molecule has 58 valence electrons. The summed E-state index contributed by atoms with van der Waals surface area (Å²) >= 11 is 0. The van der Waals surface area contributed by atoms with Gasteiger partial charge in [0, 0.05) is 19.5 Å². The Morgan fingerprint density at radius 3 is 2.60 bits per heavy atom. The van der Waals surface area contributed by atoms with Gasteiger partial charge in [-0.1, -0.05) is 0 Å². The second-order valence-electron chi connectivity index (χ2n) is 2.67. The molecule has 3 nitrogen and oxygen atoms in total. The van der Waals surface area contributed by atoms with Gasteiger partial charge >= 0.3 is 0 Å². The summed E-state index contributed by atoms with van der Waals surface area (Å²) in [4.78, 5) is 12.6. The first-order chi connectivity index (χ1) is 4.75. The van der Waals surface area contributed by atoms with Gasteiger partial charge in [0.1, 0.15) is 0 Å². The molecule has 0 spiro atoms. The van der Waals surface area contributed by atoms with Gasteiger partial charge in [0.2, 0.25) is 5.91 Å². The quantitative estimate of drug-likeness (QED) is 0.603. The minimum Gasteiger partial charge on any atom is -0.395 e. The highest BCUT2D eigenvalue weighted by atomic mass is 16.3. The van der Waals surface area contributed by atoms with Gasteiger partial charge in [-0.2, -0.15) is 0 Å². The van der Waals surface area contributed by atoms with E-state index in [-0.39, 0.29) is 12.5 Å². The highest BCUT2D eigenvalue weighted by Gasteiger charge is 2.29. The molecule has 1 saturated carbocycles. The molecule has 1 aliphatic carbocycles. The zero-order valence-electron chi connectivity index (χ0n) is 6.21. The van der Waals surface area contributed by atoms with E-state index in [2.05, 4.69) is 0 Å². The van der Waals surface area contributed by atoms with Crippen molar-refractivity contribution in [2.75, 3.05) is 13.2 Å². The third-order valence-electron chi connectivity index (χ3n) is 1.73. The van der Waals surface area contributed by atoms with Crippen LogP contribution in [0.3, 0.4) is 0 Å². The van der Waals surface area contributed by atoms with Crippen molar-refractivity contribution < 1.29 is 9.90 Å². The fourth-order valence-corrected chi connectivity index (χ4v) is 1.09. The largest absolute Gasteiger partial charge is 0.395 e. The molecule has 3 heteroatoms. The van der Waals surface area contributed by atoms with E-state index >= 15 is 0 Å². The number of nitrogens with zero attached hydrogens (tertiary/aromatic N) is 1. The Hall–Kier alpha value is -0.570. The molecule has 0 bridgehead atoms. The van der Waals surface area contributed by atoms with Crippen LogP contribution in [0.15, 0.2) is 0 Å². The molecule has 1 N–H and O–H groups in total. The van der Waals surface area contributed by atoms with Crippen molar-refractivity contribution in [3.05, 3.63) is 0 Å². The van der Waals surface area contributed by atoms with E-state index in [1.165, 1.54) is 0 Å².